The molecule has 15 heterocycles. The summed E-state index contributed by atoms with van der Waals surface area (Å²) in [6.45, 7) is 48.0. The van der Waals surface area contributed by atoms with Gasteiger partial charge in [0.05, 0.1) is 123 Å². The van der Waals surface area contributed by atoms with E-state index in [4.69, 9.17) is 129 Å². The van der Waals surface area contributed by atoms with Gasteiger partial charge >= 0.3 is 0 Å². The predicted molar refractivity (Wildman–Crippen MR) is 561 cm³/mol. The standard InChI is InChI=1S/2C20H17ClN8.2C19H13ClF2N8.C19H15ClN8.H2S/c1-12(27-20-18(22-2)19(23-3)25-11-26-20)14-9-16-24-10-15(21)29(16)28-17(14)13-7-5-4-6-8-13;1-11(25-20-18(23-3)19(22)26-12(2)27-20)14-9-16-24-10-15(21)29(16)28-17(14)13-7-5-4-6-8-13;1-9(28-19-17(24-2)18(23)26-8-27-19)11-6-15-25-7-14(20)30(15)29-16(11)12-5-10(21)3-4-13(12)22;1-9(28-19-17(24-2)18(23)26-8-27-19)11-6-14-25-7-13(20)30(14)29-16(11)10-4-3-5-12(21)15(10)22;1-11(25-18-14(22-2)9-24-19(21)26-18)13-8-16-23-10-15(20)28(16)27-17(13)12-6-4-3-5-7-12;/h4-12H,1,3H3,(H2,23,25,26,27);4-11H,1-2H3,(H3,22,25,26,27);2*3-9H,1H3,(H3,23,26,27,28);3-11H,1H3,(H3,21,24,25,26);1H2/t12-;11-;2*9-;11-;/m00000./s1. The molecule has 20 rings (SSSR count). The van der Waals surface area contributed by atoms with Crippen molar-refractivity contribution in [2.75, 3.05) is 61.9 Å². The third kappa shape index (κ3) is 22.3. The average molecular weight is 2090 g/mol. The normalized spacial score (nSPS) is 11.8. The first kappa shape index (κ1) is 103. The van der Waals surface area contributed by atoms with Crippen LogP contribution in [-0.4, -0.2) is 130 Å². The number of halogens is 9. The topological polar surface area (TPSA) is 478 Å². The zero-order valence-corrected chi connectivity index (χ0v) is 82.5. The maximum absolute atomic E-state index is 14.6. The first-order valence-corrected chi connectivity index (χ1v) is 45.3. The highest BCUT2D eigenvalue weighted by molar-refractivity contribution is 7.59. The zero-order valence-electron chi connectivity index (χ0n) is 77.7. The Balaban J connectivity index is 0.000000138. The Labute approximate surface area is 864 Å². The van der Waals surface area contributed by atoms with Crippen LogP contribution in [0, 0.1) is 63.1 Å². The zero-order chi connectivity index (χ0) is 103. The molecule has 15 aromatic heterocycles. The first-order valence-electron chi connectivity index (χ1n) is 43.4. The summed E-state index contributed by atoms with van der Waals surface area (Å²) in [4.78, 5) is 79.0. The summed E-state index contributed by atoms with van der Waals surface area (Å²) in [5, 5.41) is 43.5. The molecule has 0 amide bonds. The Morgan fingerprint density at radius 2 is 0.667 bits per heavy atom. The van der Waals surface area contributed by atoms with Gasteiger partial charge in [-0.25, -0.2) is 139 Å². The van der Waals surface area contributed by atoms with Gasteiger partial charge in [0.15, 0.2) is 65.6 Å². The van der Waals surface area contributed by atoms with Crippen molar-refractivity contribution in [2.45, 2.75) is 71.8 Å². The lowest BCUT2D eigenvalue weighted by Gasteiger charge is -2.20. The summed E-state index contributed by atoms with van der Waals surface area (Å²) in [6.07, 6.45) is 12.8. The molecule has 0 unspecified atom stereocenters. The van der Waals surface area contributed by atoms with Crippen LogP contribution in [0.1, 0.15) is 98.5 Å². The van der Waals surface area contributed by atoms with Gasteiger partial charge in [-0.05, 0) is 102 Å². The molecule has 734 valence electrons. The van der Waals surface area contributed by atoms with Crippen LogP contribution in [0.4, 0.5) is 104 Å². The number of hydrogen-bond acceptors (Lipinski definition) is 30. The van der Waals surface area contributed by atoms with Crippen molar-refractivity contribution in [1.29, 1.82) is 0 Å². The lowest BCUT2D eigenvalue weighted by Crippen LogP contribution is -2.13. The van der Waals surface area contributed by atoms with Crippen LogP contribution in [0.5, 0.6) is 0 Å². The Hall–Kier alpha value is -18.4. The molecule has 20 aromatic rings. The van der Waals surface area contributed by atoms with Gasteiger partial charge in [-0.2, -0.15) is 39.0 Å². The summed E-state index contributed by atoms with van der Waals surface area (Å²) >= 11 is 30.9. The van der Waals surface area contributed by atoms with E-state index >= 15 is 0 Å². The Morgan fingerprint density at radius 3 is 1.05 bits per heavy atom. The molecule has 0 saturated carbocycles. The molecule has 0 radical (unpaired) electrons. The summed E-state index contributed by atoms with van der Waals surface area (Å²) in [6, 6.07) is 43.7. The van der Waals surface area contributed by atoms with E-state index < -0.39 is 35.4 Å². The van der Waals surface area contributed by atoms with Crippen LogP contribution in [0.25, 0.3) is 109 Å². The van der Waals surface area contributed by atoms with Crippen molar-refractivity contribution >= 4 is 186 Å². The molecule has 50 heteroatoms. The number of imidazole rings is 5. The SMILES string of the molecule is S.[C-]#[N+]c1c(N)nc(C)nc1N[C@@H](C)c1cc2ncc(Cl)n2nc1-c1ccccc1.[C-]#[N+]c1c(N)ncnc1N[C@@H](C)c1cc2ncc(Cl)n2nc1-c1cc(F)ccc1F.[C-]#[N+]c1c(N)ncnc1N[C@@H](C)c1cc2ncc(Cl)n2nc1-c1cccc(F)c1F.[C-]#[N+]c1c(NC)ncnc1N[C@@H](C)c1cc2ncc(Cl)n2nc1-c1ccccc1.[C-]#[N+]c1cnc(N)nc1N[C@@H](C)c1cc2ncc(Cl)n2nc1-c1ccccc1. The largest absolute Gasteiger partial charge is 0.392 e. The van der Waals surface area contributed by atoms with Gasteiger partial charge in [0.25, 0.3) is 22.7 Å². The van der Waals surface area contributed by atoms with Crippen LogP contribution in [0.15, 0.2) is 214 Å². The lowest BCUT2D eigenvalue weighted by molar-refractivity contribution is 0.510. The molecule has 0 fully saturated rings. The fourth-order valence-electron chi connectivity index (χ4n) is 15.2. The molecule has 0 aliphatic heterocycles. The van der Waals surface area contributed by atoms with Crippen molar-refractivity contribution in [3.05, 3.63) is 354 Å². The molecule has 0 saturated heterocycles. The summed E-state index contributed by atoms with van der Waals surface area (Å²) in [5.41, 5.74) is 35.7. The van der Waals surface area contributed by atoms with E-state index in [1.807, 2.05) is 130 Å². The van der Waals surface area contributed by atoms with Crippen molar-refractivity contribution in [2.24, 2.45) is 0 Å². The molecule has 147 heavy (non-hydrogen) atoms. The predicted octanol–water partition coefficient (Wildman–Crippen LogP) is 22.2. The van der Waals surface area contributed by atoms with E-state index in [1.54, 1.807) is 72.1 Å². The number of aryl methyl sites for hydroxylation is 1. The van der Waals surface area contributed by atoms with E-state index in [-0.39, 0.29) is 117 Å². The maximum Gasteiger partial charge on any atom is 0.269 e. The molecular formula is C97H77Cl5F4N40S. The monoisotopic (exact) mass is 2080 g/mol. The number of anilines is 10. The van der Waals surface area contributed by atoms with E-state index in [0.717, 1.165) is 74.7 Å². The minimum absolute atomic E-state index is 0. The van der Waals surface area contributed by atoms with E-state index in [0.29, 0.717) is 95.3 Å². The molecule has 14 N–H and O–H groups in total. The van der Waals surface area contributed by atoms with Gasteiger partial charge in [-0.15, -0.1) is 0 Å². The van der Waals surface area contributed by atoms with E-state index in [9.17, 15) is 17.6 Å². The highest BCUT2D eigenvalue weighted by Crippen LogP contribution is 2.43. The van der Waals surface area contributed by atoms with Crippen LogP contribution >= 0.6 is 71.5 Å². The lowest BCUT2D eigenvalue weighted by atomic mass is 10.0. The molecular weight excluding hydrogens is 2010 g/mol. The van der Waals surface area contributed by atoms with Crippen molar-refractivity contribution < 1.29 is 17.6 Å². The molecule has 0 aliphatic carbocycles. The van der Waals surface area contributed by atoms with E-state index in [1.165, 1.54) is 58.7 Å². The number of nitrogens with zero attached hydrogens (tertiary/aromatic N) is 30. The smallest absolute Gasteiger partial charge is 0.269 e. The summed E-state index contributed by atoms with van der Waals surface area (Å²) in [7, 11) is 1.72. The molecule has 5 atom stereocenters. The molecule has 40 nitrogen and oxygen atoms in total. The molecule has 0 bridgehead atoms. The van der Waals surface area contributed by atoms with E-state index in [2.05, 4.69) is 141 Å². The van der Waals surface area contributed by atoms with Crippen LogP contribution in [0.3, 0.4) is 0 Å². The van der Waals surface area contributed by atoms with Gasteiger partial charge in [-0.3, -0.25) is 0 Å². The number of nitrogens with two attached hydrogens (primary N) is 4. The first-order chi connectivity index (χ1) is 70.4. The quantitative estimate of drug-likeness (QED) is 0.0236. The number of rotatable bonds is 21. The third-order valence-corrected chi connectivity index (χ3v) is 23.5. The van der Waals surface area contributed by atoms with Crippen LogP contribution < -0.4 is 54.8 Å². The molecule has 0 spiro atoms. The Kier molecular flexibility index (Phi) is 31.7. The second-order valence-corrected chi connectivity index (χ2v) is 33.5. The van der Waals surface area contributed by atoms with Crippen molar-refractivity contribution in [1.82, 2.24) is 123 Å². The minimum atomic E-state index is -1.04. The highest BCUT2D eigenvalue weighted by Gasteiger charge is 2.29. The maximum atomic E-state index is 14.6. The van der Waals surface area contributed by atoms with Gasteiger partial charge in [-0.1, -0.05) is 155 Å². The number of hydrogen-bond donors (Lipinski definition) is 10. The number of aromatic nitrogens is 25. The number of benzene rings is 5. The average Bonchev–Trinajstić information content (AvgIpc) is 1.76. The minimum Gasteiger partial charge on any atom is -0.392 e. The molecule has 5 aromatic carbocycles. The summed E-state index contributed by atoms with van der Waals surface area (Å²) < 4.78 is 64.3. The van der Waals surface area contributed by atoms with Crippen molar-refractivity contribution in [3.63, 3.8) is 0 Å². The number of nitrogens with one attached hydrogen (secondary N) is 6. The Morgan fingerprint density at radius 1 is 0.327 bits per heavy atom. The van der Waals surface area contributed by atoms with Crippen LogP contribution in [-0.2, 0) is 0 Å². The fourth-order valence-corrected chi connectivity index (χ4v) is 16.0. The van der Waals surface area contributed by atoms with Crippen molar-refractivity contribution in [3.8, 4) is 56.3 Å². The van der Waals surface area contributed by atoms with Crippen LogP contribution in [0.2, 0.25) is 25.8 Å². The fraction of sp³-hybridized carbons (Fsp3) is 0.124. The van der Waals surface area contributed by atoms with Gasteiger partial charge in [0, 0.05) is 68.9 Å². The number of nitrogen functional groups attached to an aromatic ring is 4. The van der Waals surface area contributed by atoms with Gasteiger partial charge in [0.2, 0.25) is 11.6 Å². The third-order valence-electron chi connectivity index (χ3n) is 22.2. The molecule has 0 aliphatic rings. The second-order valence-electron chi connectivity index (χ2n) is 31.6. The highest BCUT2D eigenvalue weighted by atomic mass is 35.5. The van der Waals surface area contributed by atoms with Gasteiger partial charge < -0.3 is 54.8 Å². The number of fused-ring (bicyclic) bond motifs is 5. The summed E-state index contributed by atoms with van der Waals surface area (Å²) in [5.74, 6) is -0.426. The second kappa shape index (κ2) is 45.2. The van der Waals surface area contributed by atoms with Gasteiger partial charge in [0.1, 0.15) is 88.8 Å². The Bertz CT molecular complexity index is 8430.